The Balaban J connectivity index is 2.30. The zero-order chi connectivity index (χ0) is 12.6. The number of amides is 1. The van der Waals surface area contributed by atoms with Crippen molar-refractivity contribution >= 4 is 21.8 Å². The second-order valence-electron chi connectivity index (χ2n) is 5.37. The Morgan fingerprint density at radius 2 is 2.12 bits per heavy atom. The molecule has 1 aromatic carbocycles. The first-order valence-corrected chi connectivity index (χ1v) is 6.81. The lowest BCUT2D eigenvalue weighted by atomic mass is 9.55. The van der Waals surface area contributed by atoms with Gasteiger partial charge in [0.1, 0.15) is 0 Å². The maximum absolute atomic E-state index is 11.8. The zero-order valence-electron chi connectivity index (χ0n) is 10.2. The van der Waals surface area contributed by atoms with Gasteiger partial charge in [0.2, 0.25) is 5.91 Å². The van der Waals surface area contributed by atoms with Gasteiger partial charge in [0, 0.05) is 4.47 Å². The first-order chi connectivity index (χ1) is 7.95. The molecule has 3 heteroatoms. The Kier molecular flexibility index (Phi) is 3.30. The van der Waals surface area contributed by atoms with E-state index in [1.165, 1.54) is 0 Å². The van der Waals surface area contributed by atoms with Gasteiger partial charge < -0.3 is 5.73 Å². The van der Waals surface area contributed by atoms with Gasteiger partial charge in [0.05, 0.1) is 5.41 Å². The van der Waals surface area contributed by atoms with Crippen LogP contribution in [0.25, 0.3) is 0 Å². The summed E-state index contributed by atoms with van der Waals surface area (Å²) in [5.74, 6) is 1.05. The van der Waals surface area contributed by atoms with E-state index in [0.717, 1.165) is 22.9 Å². The van der Waals surface area contributed by atoms with Crippen molar-refractivity contribution in [3.05, 3.63) is 34.3 Å². The van der Waals surface area contributed by atoms with Gasteiger partial charge in [0.15, 0.2) is 0 Å². The molecule has 0 radical (unpaired) electrons. The Bertz CT molecular complexity index is 436. The number of nitrogens with two attached hydrogens (primary N) is 1. The van der Waals surface area contributed by atoms with Gasteiger partial charge in [-0.1, -0.05) is 41.9 Å². The van der Waals surface area contributed by atoms with Gasteiger partial charge in [-0.05, 0) is 42.4 Å². The molecule has 0 spiro atoms. The average molecular weight is 296 g/mol. The van der Waals surface area contributed by atoms with Gasteiger partial charge in [-0.2, -0.15) is 0 Å². The molecule has 0 unspecified atom stereocenters. The number of halogens is 1. The van der Waals surface area contributed by atoms with Crippen molar-refractivity contribution in [1.29, 1.82) is 0 Å². The molecule has 1 fully saturated rings. The normalized spacial score (nSPS) is 27.9. The van der Waals surface area contributed by atoms with Crippen LogP contribution in [-0.2, 0) is 10.2 Å². The highest BCUT2D eigenvalue weighted by atomic mass is 79.9. The van der Waals surface area contributed by atoms with E-state index in [9.17, 15) is 4.79 Å². The van der Waals surface area contributed by atoms with E-state index in [1.807, 2.05) is 24.3 Å². The standard InChI is InChI=1S/C14H18BrNO/c1-9(2)10-7-14(8-10,13(16)17)11-4-3-5-12(15)6-11/h3-6,9-10H,7-8H2,1-2H3,(H2,16,17). The molecule has 17 heavy (non-hydrogen) atoms. The minimum absolute atomic E-state index is 0.187. The molecule has 1 aliphatic rings. The molecule has 1 aromatic rings. The Morgan fingerprint density at radius 3 is 2.59 bits per heavy atom. The van der Waals surface area contributed by atoms with E-state index >= 15 is 0 Å². The fourth-order valence-electron chi connectivity index (χ4n) is 2.67. The van der Waals surface area contributed by atoms with Crippen LogP contribution < -0.4 is 5.73 Å². The Hall–Kier alpha value is -0.830. The summed E-state index contributed by atoms with van der Waals surface area (Å²) < 4.78 is 1.00. The Labute approximate surface area is 111 Å². The molecule has 0 aromatic heterocycles. The summed E-state index contributed by atoms with van der Waals surface area (Å²) in [5, 5.41) is 0. The van der Waals surface area contributed by atoms with Crippen LogP contribution in [0.15, 0.2) is 28.7 Å². The number of carbonyl (C=O) groups excluding carboxylic acids is 1. The molecule has 2 nitrogen and oxygen atoms in total. The van der Waals surface area contributed by atoms with Crippen LogP contribution in [0.1, 0.15) is 32.3 Å². The van der Waals surface area contributed by atoms with E-state index in [1.54, 1.807) is 0 Å². The molecule has 0 bridgehead atoms. The van der Waals surface area contributed by atoms with Gasteiger partial charge >= 0.3 is 0 Å². The lowest BCUT2D eigenvalue weighted by Gasteiger charge is -2.47. The summed E-state index contributed by atoms with van der Waals surface area (Å²) in [7, 11) is 0. The van der Waals surface area contributed by atoms with Gasteiger partial charge in [-0.25, -0.2) is 0 Å². The monoisotopic (exact) mass is 295 g/mol. The predicted molar refractivity (Wildman–Crippen MR) is 72.6 cm³/mol. The summed E-state index contributed by atoms with van der Waals surface area (Å²) in [6.07, 6.45) is 1.77. The number of carbonyl (C=O) groups is 1. The maximum Gasteiger partial charge on any atom is 0.228 e. The van der Waals surface area contributed by atoms with Crippen LogP contribution in [0.4, 0.5) is 0 Å². The van der Waals surface area contributed by atoms with Gasteiger partial charge in [0.25, 0.3) is 0 Å². The quantitative estimate of drug-likeness (QED) is 0.914. The van der Waals surface area contributed by atoms with Crippen molar-refractivity contribution in [3.8, 4) is 0 Å². The molecule has 0 heterocycles. The molecule has 0 aliphatic heterocycles. The first-order valence-electron chi connectivity index (χ1n) is 6.01. The molecule has 0 atom stereocenters. The molecule has 1 amide bonds. The highest BCUT2D eigenvalue weighted by Crippen LogP contribution is 2.50. The SMILES string of the molecule is CC(C)C1CC(C(N)=O)(c2cccc(Br)c2)C1. The fraction of sp³-hybridized carbons (Fsp3) is 0.500. The lowest BCUT2D eigenvalue weighted by molar-refractivity contribution is -0.129. The second-order valence-corrected chi connectivity index (χ2v) is 6.28. The third-order valence-electron chi connectivity index (χ3n) is 4.01. The predicted octanol–water partition coefficient (Wildman–Crippen LogP) is 3.24. The van der Waals surface area contributed by atoms with Crippen molar-refractivity contribution in [2.75, 3.05) is 0 Å². The average Bonchev–Trinajstić information content (AvgIpc) is 2.14. The van der Waals surface area contributed by atoms with E-state index < -0.39 is 5.41 Å². The van der Waals surface area contributed by atoms with Crippen molar-refractivity contribution in [3.63, 3.8) is 0 Å². The Morgan fingerprint density at radius 1 is 1.47 bits per heavy atom. The van der Waals surface area contributed by atoms with Crippen LogP contribution in [0.2, 0.25) is 0 Å². The minimum Gasteiger partial charge on any atom is -0.369 e. The van der Waals surface area contributed by atoms with Crippen molar-refractivity contribution in [2.45, 2.75) is 32.1 Å². The van der Waals surface area contributed by atoms with Crippen LogP contribution in [-0.4, -0.2) is 5.91 Å². The molecular formula is C14H18BrNO. The molecule has 0 saturated heterocycles. The smallest absolute Gasteiger partial charge is 0.228 e. The number of hydrogen-bond acceptors (Lipinski definition) is 1. The zero-order valence-corrected chi connectivity index (χ0v) is 11.8. The largest absolute Gasteiger partial charge is 0.369 e. The van der Waals surface area contributed by atoms with E-state index in [2.05, 4.69) is 29.8 Å². The van der Waals surface area contributed by atoms with E-state index in [0.29, 0.717) is 11.8 Å². The number of benzene rings is 1. The summed E-state index contributed by atoms with van der Waals surface area (Å²) in [5.41, 5.74) is 6.24. The van der Waals surface area contributed by atoms with Crippen LogP contribution in [0.3, 0.4) is 0 Å². The summed E-state index contributed by atoms with van der Waals surface area (Å²) in [6.45, 7) is 4.41. The highest BCUT2D eigenvalue weighted by molar-refractivity contribution is 9.10. The minimum atomic E-state index is -0.432. The molecule has 1 saturated carbocycles. The van der Waals surface area contributed by atoms with Crippen molar-refractivity contribution in [1.82, 2.24) is 0 Å². The summed E-state index contributed by atoms with van der Waals surface area (Å²) in [4.78, 5) is 11.8. The highest BCUT2D eigenvalue weighted by Gasteiger charge is 2.50. The van der Waals surface area contributed by atoms with E-state index in [-0.39, 0.29) is 5.91 Å². The molecule has 1 aliphatic carbocycles. The van der Waals surface area contributed by atoms with Crippen molar-refractivity contribution in [2.24, 2.45) is 17.6 Å². The third kappa shape index (κ3) is 2.13. The maximum atomic E-state index is 11.8. The second kappa shape index (κ2) is 4.45. The molecule has 2 N–H and O–H groups in total. The topological polar surface area (TPSA) is 43.1 Å². The first kappa shape index (κ1) is 12.6. The van der Waals surface area contributed by atoms with Gasteiger partial charge in [-0.3, -0.25) is 4.79 Å². The van der Waals surface area contributed by atoms with Crippen LogP contribution in [0.5, 0.6) is 0 Å². The lowest BCUT2D eigenvalue weighted by Crippen LogP contribution is -2.52. The number of rotatable bonds is 3. The van der Waals surface area contributed by atoms with E-state index in [4.69, 9.17) is 5.73 Å². The van der Waals surface area contributed by atoms with Crippen molar-refractivity contribution < 1.29 is 4.79 Å². The summed E-state index contributed by atoms with van der Waals surface area (Å²) >= 11 is 3.45. The summed E-state index contributed by atoms with van der Waals surface area (Å²) in [6, 6.07) is 7.96. The number of hydrogen-bond donors (Lipinski definition) is 1. The molecule has 92 valence electrons. The van der Waals surface area contributed by atoms with Crippen LogP contribution in [0, 0.1) is 11.8 Å². The van der Waals surface area contributed by atoms with Gasteiger partial charge in [-0.15, -0.1) is 0 Å². The van der Waals surface area contributed by atoms with Crippen LogP contribution >= 0.6 is 15.9 Å². The fourth-order valence-corrected chi connectivity index (χ4v) is 3.07. The molecular weight excluding hydrogens is 278 g/mol. The third-order valence-corrected chi connectivity index (χ3v) is 4.51. The number of primary amides is 1. The molecule has 2 rings (SSSR count).